The van der Waals surface area contributed by atoms with Gasteiger partial charge in [0.1, 0.15) is 11.6 Å². The van der Waals surface area contributed by atoms with Gasteiger partial charge in [-0.1, -0.05) is 35.3 Å². The van der Waals surface area contributed by atoms with Crippen LogP contribution in [0.1, 0.15) is 5.56 Å². The minimum Gasteiger partial charge on any atom is -0.390 e. The molecule has 6 rings (SSSR count). The average Bonchev–Trinajstić information content (AvgIpc) is 3.74. The Bertz CT molecular complexity index is 2660. The van der Waals surface area contributed by atoms with Gasteiger partial charge in [0.2, 0.25) is 36.9 Å². The molecule has 52 heavy (non-hydrogen) atoms. The second kappa shape index (κ2) is 15.1. The fourth-order valence-corrected chi connectivity index (χ4v) is 7.21. The number of anilines is 2. The molecule has 0 radical (unpaired) electrons. The van der Waals surface area contributed by atoms with Gasteiger partial charge in [-0.05, 0) is 54.6 Å². The number of hydrogen-bond acceptors (Lipinski definition) is 12. The first-order valence-corrected chi connectivity index (χ1v) is 20.4. The number of halogens is 1. The quantitative estimate of drug-likeness (QED) is 0.160. The van der Waals surface area contributed by atoms with Crippen LogP contribution in [0, 0.1) is 11.3 Å². The molecule has 1 amide bonds. The number of H-pyrrole nitrogens is 2. The number of carbonyl (C=O) groups is 1. The van der Waals surface area contributed by atoms with E-state index in [0.717, 1.165) is 32.0 Å². The number of aromatic amines is 2. The summed E-state index contributed by atoms with van der Waals surface area (Å²) < 4.78 is 80.3. The van der Waals surface area contributed by atoms with Crippen LogP contribution in [0.5, 0.6) is 11.6 Å². The Morgan fingerprint density at radius 3 is 2.33 bits per heavy atom. The summed E-state index contributed by atoms with van der Waals surface area (Å²) in [6.07, 6.45) is 1.07. The molecule has 3 heterocycles. The predicted octanol–water partition coefficient (Wildman–Crippen LogP) is 4.35. The van der Waals surface area contributed by atoms with Crippen molar-refractivity contribution in [2.75, 3.05) is 36.1 Å². The number of nitrogens with zero attached hydrogens (tertiary/aromatic N) is 4. The van der Waals surface area contributed by atoms with E-state index in [2.05, 4.69) is 23.9 Å². The van der Waals surface area contributed by atoms with Crippen molar-refractivity contribution in [2.24, 2.45) is 0 Å². The van der Waals surface area contributed by atoms with Crippen LogP contribution in [-0.2, 0) is 31.1 Å². The summed E-state index contributed by atoms with van der Waals surface area (Å²) in [5.74, 6) is -0.712. The van der Waals surface area contributed by atoms with Gasteiger partial charge >= 0.3 is 6.09 Å². The molecule has 0 fully saturated rings. The van der Waals surface area contributed by atoms with Crippen LogP contribution < -0.4 is 23.9 Å². The van der Waals surface area contributed by atoms with Crippen LogP contribution in [0.25, 0.3) is 27.1 Å². The first-order chi connectivity index (χ1) is 24.4. The van der Waals surface area contributed by atoms with Gasteiger partial charge in [0.05, 0.1) is 33.2 Å². The number of nitriles is 1. The largest absolute Gasteiger partial charge is 0.416 e. The van der Waals surface area contributed by atoms with Crippen molar-refractivity contribution >= 4 is 87.5 Å². The van der Waals surface area contributed by atoms with E-state index in [1.807, 2.05) is 30.3 Å². The molecule has 272 valence electrons. The lowest BCUT2D eigenvalue weighted by Gasteiger charge is -2.12. The first kappa shape index (κ1) is 37.8. The maximum atomic E-state index is 13.1. The predicted molar refractivity (Wildman–Crippen MR) is 197 cm³/mol. The van der Waals surface area contributed by atoms with E-state index in [1.54, 1.807) is 0 Å². The molecule has 3 aromatic carbocycles. The molecule has 17 nitrogen and oxygen atoms in total. The Hall–Kier alpha value is -5.40. The van der Waals surface area contributed by atoms with E-state index < -0.39 is 37.2 Å². The highest BCUT2D eigenvalue weighted by atomic mass is 35.5. The number of aromatic nitrogens is 4. The minimum atomic E-state index is -3.70. The minimum absolute atomic E-state index is 0.0144. The molecule has 1 atom stereocenters. The van der Waals surface area contributed by atoms with Crippen molar-refractivity contribution in [3.05, 3.63) is 87.7 Å². The fraction of sp³-hybridized carbons (Fsp3) is 0.133. The van der Waals surface area contributed by atoms with E-state index in [-0.39, 0.29) is 61.1 Å². The van der Waals surface area contributed by atoms with Gasteiger partial charge < -0.3 is 13.8 Å². The van der Waals surface area contributed by atoms with Crippen LogP contribution >= 0.6 is 23.1 Å². The second-order valence-corrected chi connectivity index (χ2v) is 16.8. The van der Waals surface area contributed by atoms with Gasteiger partial charge in [-0.2, -0.15) is 9.78 Å². The van der Waals surface area contributed by atoms with Crippen LogP contribution in [0.4, 0.5) is 16.2 Å². The van der Waals surface area contributed by atoms with Gasteiger partial charge in [-0.15, -0.1) is 0 Å². The van der Waals surface area contributed by atoms with Gasteiger partial charge in [-0.3, -0.25) is 23.7 Å². The molecule has 22 heteroatoms. The summed E-state index contributed by atoms with van der Waals surface area (Å²) in [5.41, 5.74) is 0.202. The highest BCUT2D eigenvalue weighted by Gasteiger charge is 2.30. The standard InChI is InChI=1S/C23H22ClN7O8S3.C7H5NOS/c1-30(2)23(32)38-22-19(39-40(33)15-8-6-14(7-9-15)28-41(3,34)35)17(12-25)21-26-20(27-31(21)22)16-11-13(24)5-10-18(16)29-42(4,36)37;9-7-5-3-1-2-4-6(5)10-8-7/h5-11,28-29H,1-4H3,(H,26,27);1-4H,(H,8,9). The van der Waals surface area contributed by atoms with Crippen molar-refractivity contribution in [1.29, 1.82) is 5.26 Å². The normalized spacial score (nSPS) is 12.0. The van der Waals surface area contributed by atoms with Crippen molar-refractivity contribution in [3.63, 3.8) is 0 Å². The van der Waals surface area contributed by atoms with Gasteiger partial charge in [-0.25, -0.2) is 30.8 Å². The number of rotatable bonds is 9. The molecule has 6 aromatic rings. The Morgan fingerprint density at radius 2 is 1.71 bits per heavy atom. The highest BCUT2D eigenvalue weighted by Crippen LogP contribution is 2.40. The molecule has 0 aliphatic carbocycles. The average molecular weight is 807 g/mol. The SMILES string of the molecule is CN(C)C(=O)Oc1c(OS(=O)c2ccc(NS(C)(=O)=O)cc2)c(C#N)c2nc(-c3cc(Cl)ccc3NS(C)(=O)=O)[nH]n12.O=c1[nH]sc2ccccc12. The maximum Gasteiger partial charge on any atom is 0.416 e. The third-order valence-electron chi connectivity index (χ3n) is 6.58. The summed E-state index contributed by atoms with van der Waals surface area (Å²) in [4.78, 5) is 29.1. The van der Waals surface area contributed by atoms with E-state index >= 15 is 0 Å². The Labute approximate surface area is 307 Å². The summed E-state index contributed by atoms with van der Waals surface area (Å²) >= 11 is 5.26. The number of sulfonamides is 2. The third kappa shape index (κ3) is 8.90. The Balaban J connectivity index is 0.000000444. The molecule has 3 aromatic heterocycles. The summed E-state index contributed by atoms with van der Waals surface area (Å²) in [7, 11) is -4.41. The molecule has 0 saturated carbocycles. The van der Waals surface area contributed by atoms with Crippen molar-refractivity contribution < 1.29 is 34.8 Å². The lowest BCUT2D eigenvalue weighted by Crippen LogP contribution is -2.26. The molecular weight excluding hydrogens is 780 g/mol. The number of amides is 1. The van der Waals surface area contributed by atoms with Gasteiger partial charge in [0.25, 0.3) is 11.4 Å². The summed E-state index contributed by atoms with van der Waals surface area (Å²) in [6, 6.07) is 19.2. The summed E-state index contributed by atoms with van der Waals surface area (Å²) in [5, 5.41) is 13.9. The van der Waals surface area contributed by atoms with E-state index in [1.165, 1.54) is 68.1 Å². The molecular formula is C30H27ClN8O9S4. The highest BCUT2D eigenvalue weighted by molar-refractivity contribution is 7.92. The maximum absolute atomic E-state index is 13.1. The van der Waals surface area contributed by atoms with Crippen LogP contribution in [0.3, 0.4) is 0 Å². The van der Waals surface area contributed by atoms with E-state index in [4.69, 9.17) is 20.5 Å². The van der Waals surface area contributed by atoms with Crippen molar-refractivity contribution in [2.45, 2.75) is 4.90 Å². The third-order valence-corrected chi connectivity index (χ3v) is 9.85. The number of fused-ring (bicyclic) bond motifs is 2. The topological polar surface area (TPSA) is 238 Å². The summed E-state index contributed by atoms with van der Waals surface area (Å²) in [6.45, 7) is 0. The zero-order valence-electron chi connectivity index (χ0n) is 27.3. The second-order valence-electron chi connectivity index (χ2n) is 10.9. The monoisotopic (exact) mass is 806 g/mol. The number of benzene rings is 3. The lowest BCUT2D eigenvalue weighted by molar-refractivity contribution is 0.168. The number of carbonyl (C=O) groups excluding carboxylic acids is 1. The van der Waals surface area contributed by atoms with Crippen LogP contribution in [0.15, 0.2) is 76.4 Å². The van der Waals surface area contributed by atoms with Crippen LogP contribution in [0.2, 0.25) is 5.02 Å². The molecule has 0 bridgehead atoms. The molecule has 0 spiro atoms. The number of nitrogens with one attached hydrogen (secondary N) is 4. The fourth-order valence-electron chi connectivity index (χ4n) is 4.40. The van der Waals surface area contributed by atoms with Gasteiger partial charge in [0, 0.05) is 30.4 Å². The van der Waals surface area contributed by atoms with Crippen LogP contribution in [-0.4, -0.2) is 77.6 Å². The lowest BCUT2D eigenvalue weighted by atomic mass is 10.2. The molecule has 4 N–H and O–H groups in total. The Kier molecular flexibility index (Phi) is 11.0. The molecule has 0 saturated heterocycles. The van der Waals surface area contributed by atoms with Gasteiger partial charge in [0.15, 0.2) is 11.5 Å². The Morgan fingerprint density at radius 1 is 1.04 bits per heavy atom. The zero-order chi connectivity index (χ0) is 38.0. The van der Waals surface area contributed by atoms with Crippen molar-refractivity contribution in [1.82, 2.24) is 23.9 Å². The van der Waals surface area contributed by atoms with E-state index in [0.29, 0.717) is 0 Å². The number of hydrogen-bond donors (Lipinski definition) is 4. The van der Waals surface area contributed by atoms with E-state index in [9.17, 15) is 35.9 Å². The first-order valence-electron chi connectivity index (χ1n) is 14.4. The zero-order valence-corrected chi connectivity index (χ0v) is 31.3. The number of ether oxygens (including phenoxy) is 1. The molecule has 0 aliphatic rings. The smallest absolute Gasteiger partial charge is 0.390 e. The van der Waals surface area contributed by atoms with Crippen molar-refractivity contribution in [3.8, 4) is 29.1 Å². The molecule has 0 aliphatic heterocycles. The molecule has 1 unspecified atom stereocenters.